The Kier molecular flexibility index (Phi) is 8.16. The Bertz CT molecular complexity index is 920. The second-order valence-electron chi connectivity index (χ2n) is 8.33. The second kappa shape index (κ2) is 11.0. The molecular weight excluding hydrogens is 384 g/mol. The molecule has 0 aliphatic rings. The fourth-order valence-electron chi connectivity index (χ4n) is 4.00. The third-order valence-electron chi connectivity index (χ3n) is 5.76. The van der Waals surface area contributed by atoms with Gasteiger partial charge in [-0.25, -0.2) is 4.98 Å². The highest BCUT2D eigenvalue weighted by atomic mass is 16.5. The summed E-state index contributed by atoms with van der Waals surface area (Å²) in [6.07, 6.45) is 8.57. The standard InChI is InChI=1S/C27H36N2O2/c1-6-7-8-9-10-11-12-25-28-26(21-15-13-19(2)17-23(21)30-4)27(29-25)22-16-14-20(3)18-24(22)31-5/h13-18H,6-12H2,1-5H3,(H,28,29). The summed E-state index contributed by atoms with van der Waals surface area (Å²) in [6.45, 7) is 6.41. The van der Waals surface area contributed by atoms with Crippen molar-refractivity contribution in [2.24, 2.45) is 0 Å². The highest BCUT2D eigenvalue weighted by Crippen LogP contribution is 2.40. The van der Waals surface area contributed by atoms with Gasteiger partial charge in [0.1, 0.15) is 23.0 Å². The molecule has 0 fully saturated rings. The first-order valence-corrected chi connectivity index (χ1v) is 11.5. The summed E-state index contributed by atoms with van der Waals surface area (Å²) < 4.78 is 11.4. The van der Waals surface area contributed by atoms with E-state index < -0.39 is 0 Å². The summed E-state index contributed by atoms with van der Waals surface area (Å²) in [5.74, 6) is 2.71. The van der Waals surface area contributed by atoms with Crippen molar-refractivity contribution in [3.63, 3.8) is 0 Å². The van der Waals surface area contributed by atoms with Crippen molar-refractivity contribution in [2.45, 2.75) is 65.7 Å². The number of aryl methyl sites for hydroxylation is 3. The Morgan fingerprint density at radius 1 is 0.774 bits per heavy atom. The molecule has 0 unspecified atom stereocenters. The van der Waals surface area contributed by atoms with Crippen molar-refractivity contribution in [1.29, 1.82) is 0 Å². The number of benzene rings is 2. The van der Waals surface area contributed by atoms with Crippen LogP contribution in [-0.2, 0) is 6.42 Å². The zero-order valence-corrected chi connectivity index (χ0v) is 19.7. The van der Waals surface area contributed by atoms with Gasteiger partial charge in [0, 0.05) is 17.5 Å². The van der Waals surface area contributed by atoms with E-state index in [0.717, 1.165) is 58.2 Å². The molecule has 0 saturated heterocycles. The Balaban J connectivity index is 1.98. The number of hydrogen-bond acceptors (Lipinski definition) is 3. The molecule has 1 N–H and O–H groups in total. The van der Waals surface area contributed by atoms with Gasteiger partial charge in [0.05, 0.1) is 19.9 Å². The van der Waals surface area contributed by atoms with E-state index in [1.165, 1.54) is 37.7 Å². The Morgan fingerprint density at radius 2 is 1.35 bits per heavy atom. The second-order valence-corrected chi connectivity index (χ2v) is 8.33. The van der Waals surface area contributed by atoms with Crippen molar-refractivity contribution in [1.82, 2.24) is 9.97 Å². The minimum Gasteiger partial charge on any atom is -0.496 e. The molecule has 1 aromatic heterocycles. The number of rotatable bonds is 11. The molecular formula is C27H36N2O2. The van der Waals surface area contributed by atoms with Crippen LogP contribution in [0.2, 0.25) is 0 Å². The molecule has 1 heterocycles. The van der Waals surface area contributed by atoms with Crippen molar-refractivity contribution >= 4 is 0 Å². The van der Waals surface area contributed by atoms with Crippen LogP contribution in [0.15, 0.2) is 36.4 Å². The molecule has 0 atom stereocenters. The molecule has 0 aliphatic heterocycles. The lowest BCUT2D eigenvalue weighted by molar-refractivity contribution is 0.415. The van der Waals surface area contributed by atoms with Gasteiger partial charge in [0.25, 0.3) is 0 Å². The van der Waals surface area contributed by atoms with Gasteiger partial charge < -0.3 is 14.5 Å². The first kappa shape index (κ1) is 22.9. The summed E-state index contributed by atoms with van der Waals surface area (Å²) in [6, 6.07) is 12.6. The Labute approximate surface area is 187 Å². The van der Waals surface area contributed by atoms with E-state index in [1.54, 1.807) is 14.2 Å². The lowest BCUT2D eigenvalue weighted by Crippen LogP contribution is -1.93. The molecule has 0 bridgehead atoms. The maximum absolute atomic E-state index is 5.71. The minimum absolute atomic E-state index is 0.838. The van der Waals surface area contributed by atoms with Gasteiger partial charge in [0.15, 0.2) is 0 Å². The molecule has 4 nitrogen and oxygen atoms in total. The zero-order valence-electron chi connectivity index (χ0n) is 19.7. The van der Waals surface area contributed by atoms with Crippen molar-refractivity contribution in [3.05, 3.63) is 53.3 Å². The van der Waals surface area contributed by atoms with Gasteiger partial charge in [-0.2, -0.15) is 0 Å². The predicted octanol–water partition coefficient (Wildman–Crippen LogP) is 7.28. The smallest absolute Gasteiger partial charge is 0.128 e. The van der Waals surface area contributed by atoms with Gasteiger partial charge in [0.2, 0.25) is 0 Å². The maximum atomic E-state index is 5.71. The van der Waals surface area contributed by atoms with Crippen LogP contribution in [0, 0.1) is 13.8 Å². The van der Waals surface area contributed by atoms with Gasteiger partial charge in [-0.05, 0) is 55.7 Å². The zero-order chi connectivity index (χ0) is 22.2. The number of imidazole rings is 1. The van der Waals surface area contributed by atoms with Crippen LogP contribution in [0.5, 0.6) is 11.5 Å². The Hall–Kier alpha value is -2.75. The highest BCUT2D eigenvalue weighted by molar-refractivity contribution is 5.84. The van der Waals surface area contributed by atoms with Crippen LogP contribution >= 0.6 is 0 Å². The van der Waals surface area contributed by atoms with E-state index in [4.69, 9.17) is 14.5 Å². The summed E-state index contributed by atoms with van der Waals surface area (Å²) in [5, 5.41) is 0. The fraction of sp³-hybridized carbons (Fsp3) is 0.444. The molecule has 2 aromatic carbocycles. The van der Waals surface area contributed by atoms with Gasteiger partial charge in [-0.1, -0.05) is 51.2 Å². The molecule has 31 heavy (non-hydrogen) atoms. The predicted molar refractivity (Wildman–Crippen MR) is 129 cm³/mol. The van der Waals surface area contributed by atoms with Gasteiger partial charge in [-0.3, -0.25) is 0 Å². The number of ether oxygens (including phenoxy) is 2. The quantitative estimate of drug-likeness (QED) is 0.332. The lowest BCUT2D eigenvalue weighted by atomic mass is 10.0. The number of hydrogen-bond donors (Lipinski definition) is 1. The average Bonchev–Trinajstić information content (AvgIpc) is 3.19. The number of nitrogens with zero attached hydrogens (tertiary/aromatic N) is 1. The number of nitrogens with one attached hydrogen (secondary N) is 1. The Morgan fingerprint density at radius 3 is 2.00 bits per heavy atom. The van der Waals surface area contributed by atoms with Crippen molar-refractivity contribution < 1.29 is 9.47 Å². The molecule has 0 saturated carbocycles. The fourth-order valence-corrected chi connectivity index (χ4v) is 4.00. The maximum Gasteiger partial charge on any atom is 0.128 e. The lowest BCUT2D eigenvalue weighted by Gasteiger charge is -2.12. The van der Waals surface area contributed by atoms with Crippen LogP contribution < -0.4 is 9.47 Å². The van der Waals surface area contributed by atoms with Gasteiger partial charge in [-0.15, -0.1) is 0 Å². The molecule has 0 aliphatic carbocycles. The van der Waals surface area contributed by atoms with Crippen LogP contribution in [0.4, 0.5) is 0 Å². The monoisotopic (exact) mass is 420 g/mol. The van der Waals surface area contributed by atoms with Crippen molar-refractivity contribution in [2.75, 3.05) is 14.2 Å². The van der Waals surface area contributed by atoms with Crippen LogP contribution in [0.1, 0.15) is 62.4 Å². The molecule has 3 aromatic rings. The minimum atomic E-state index is 0.838. The van der Waals surface area contributed by atoms with E-state index in [0.29, 0.717) is 0 Å². The topological polar surface area (TPSA) is 47.1 Å². The molecule has 0 spiro atoms. The first-order chi connectivity index (χ1) is 15.1. The molecule has 4 heteroatoms. The van der Waals surface area contributed by atoms with Gasteiger partial charge >= 0.3 is 0 Å². The summed E-state index contributed by atoms with van der Waals surface area (Å²) in [5.41, 5.74) is 6.25. The third kappa shape index (κ3) is 5.69. The van der Waals surface area contributed by atoms with E-state index >= 15 is 0 Å². The summed E-state index contributed by atoms with van der Waals surface area (Å²) in [7, 11) is 3.44. The first-order valence-electron chi connectivity index (χ1n) is 11.5. The SMILES string of the molecule is CCCCCCCCc1nc(-c2ccc(C)cc2OC)c(-c2ccc(C)cc2OC)[nH]1. The normalized spacial score (nSPS) is 11.0. The highest BCUT2D eigenvalue weighted by Gasteiger charge is 2.20. The van der Waals surface area contributed by atoms with Crippen LogP contribution in [0.3, 0.4) is 0 Å². The number of aromatic amines is 1. The van der Waals surface area contributed by atoms with E-state index in [-0.39, 0.29) is 0 Å². The van der Waals surface area contributed by atoms with E-state index in [1.807, 2.05) is 0 Å². The molecule has 166 valence electrons. The summed E-state index contributed by atoms with van der Waals surface area (Å²) >= 11 is 0. The third-order valence-corrected chi connectivity index (χ3v) is 5.76. The van der Waals surface area contributed by atoms with E-state index in [9.17, 15) is 0 Å². The molecule has 0 radical (unpaired) electrons. The van der Waals surface area contributed by atoms with E-state index in [2.05, 4.69) is 62.2 Å². The molecule has 0 amide bonds. The average molecular weight is 421 g/mol. The number of methoxy groups -OCH3 is 2. The van der Waals surface area contributed by atoms with Crippen molar-refractivity contribution in [3.8, 4) is 34.0 Å². The molecule has 3 rings (SSSR count). The summed E-state index contributed by atoms with van der Waals surface area (Å²) in [4.78, 5) is 8.65. The van der Waals surface area contributed by atoms with Crippen LogP contribution in [-0.4, -0.2) is 24.2 Å². The van der Waals surface area contributed by atoms with Crippen LogP contribution in [0.25, 0.3) is 22.5 Å². The number of aromatic nitrogens is 2. The number of unbranched alkanes of at least 4 members (excludes halogenated alkanes) is 5. The largest absolute Gasteiger partial charge is 0.496 e. The number of H-pyrrole nitrogens is 1.